The van der Waals surface area contributed by atoms with Gasteiger partial charge in [0.15, 0.2) is 17.5 Å². The first kappa shape index (κ1) is 17.4. The van der Waals surface area contributed by atoms with Gasteiger partial charge < -0.3 is 5.32 Å². The molecule has 0 saturated heterocycles. The molecule has 0 aliphatic heterocycles. The molecule has 10 heteroatoms. The first-order valence-corrected chi connectivity index (χ1v) is 6.79. The fraction of sp³-hybridized carbons (Fsp3) is 0.286. The summed E-state index contributed by atoms with van der Waals surface area (Å²) in [6.07, 6.45) is 0. The summed E-state index contributed by atoms with van der Waals surface area (Å²) in [7, 11) is 0. The molecule has 0 unspecified atom stereocenters. The Morgan fingerprint density at radius 1 is 1.29 bits per heavy atom. The third-order valence-corrected chi connectivity index (χ3v) is 3.51. The van der Waals surface area contributed by atoms with Gasteiger partial charge in [-0.1, -0.05) is 0 Å². The van der Waals surface area contributed by atoms with Crippen molar-refractivity contribution in [2.75, 3.05) is 5.32 Å². The van der Waals surface area contributed by atoms with Gasteiger partial charge in [-0.2, -0.15) is 5.10 Å². The van der Waals surface area contributed by atoms with E-state index in [0.717, 1.165) is 10.7 Å². The van der Waals surface area contributed by atoms with Crippen LogP contribution in [0.2, 0.25) is 0 Å². The number of aromatic nitrogens is 2. The van der Waals surface area contributed by atoms with Crippen LogP contribution in [0.3, 0.4) is 0 Å². The van der Waals surface area contributed by atoms with E-state index >= 15 is 0 Å². The van der Waals surface area contributed by atoms with Crippen molar-refractivity contribution in [3.63, 3.8) is 0 Å². The molecule has 0 saturated carbocycles. The van der Waals surface area contributed by atoms with E-state index in [0.29, 0.717) is 6.07 Å². The van der Waals surface area contributed by atoms with Gasteiger partial charge in [0, 0.05) is 0 Å². The van der Waals surface area contributed by atoms with Crippen LogP contribution in [0.15, 0.2) is 12.1 Å². The number of hydrogen-bond acceptors (Lipinski definition) is 4. The van der Waals surface area contributed by atoms with Gasteiger partial charge in [-0.25, -0.2) is 13.2 Å². The predicted molar refractivity (Wildman–Crippen MR) is 78.0 cm³/mol. The molecule has 0 bridgehead atoms. The zero-order chi connectivity index (χ0) is 18.2. The quantitative estimate of drug-likeness (QED) is 0.525. The van der Waals surface area contributed by atoms with Crippen LogP contribution in [-0.2, 0) is 4.79 Å². The van der Waals surface area contributed by atoms with Crippen molar-refractivity contribution in [2.45, 2.75) is 26.8 Å². The van der Waals surface area contributed by atoms with Gasteiger partial charge >= 0.3 is 5.69 Å². The third kappa shape index (κ3) is 2.94. The lowest BCUT2D eigenvalue weighted by atomic mass is 10.2. The Labute approximate surface area is 134 Å². The molecule has 0 aliphatic rings. The summed E-state index contributed by atoms with van der Waals surface area (Å²) in [5, 5.41) is 17.0. The van der Waals surface area contributed by atoms with Crippen LogP contribution < -0.4 is 5.32 Å². The molecule has 1 aromatic heterocycles. The van der Waals surface area contributed by atoms with Crippen LogP contribution >= 0.6 is 0 Å². The fourth-order valence-electron chi connectivity index (χ4n) is 2.27. The summed E-state index contributed by atoms with van der Waals surface area (Å²) >= 11 is 0. The van der Waals surface area contributed by atoms with Crippen LogP contribution in [0, 0.1) is 41.4 Å². The number of benzene rings is 1. The highest BCUT2D eigenvalue weighted by molar-refractivity contribution is 5.93. The number of halogens is 3. The molecule has 2 aromatic rings. The standard InChI is InChI=1S/C14H13F3N4O3/c1-6-13(21(23)24)7(2)20(19-6)8(3)14(22)18-10-5-4-9(15)11(16)12(10)17/h4-5,8H,1-3H3,(H,18,22)/t8-/m0/s1. The second kappa shape index (κ2) is 6.30. The molecule has 1 heterocycles. The molecule has 0 radical (unpaired) electrons. The Bertz CT molecular complexity index is 835. The van der Waals surface area contributed by atoms with Gasteiger partial charge in [-0.3, -0.25) is 19.6 Å². The molecule has 24 heavy (non-hydrogen) atoms. The number of aryl methyl sites for hydroxylation is 1. The molecule has 1 N–H and O–H groups in total. The zero-order valence-electron chi connectivity index (χ0n) is 12.9. The van der Waals surface area contributed by atoms with E-state index in [4.69, 9.17) is 0 Å². The van der Waals surface area contributed by atoms with Crippen molar-refractivity contribution in [1.82, 2.24) is 9.78 Å². The van der Waals surface area contributed by atoms with E-state index in [2.05, 4.69) is 10.4 Å². The average Bonchev–Trinajstić information content (AvgIpc) is 2.81. The molecule has 0 aliphatic carbocycles. The van der Waals surface area contributed by atoms with E-state index in [1.165, 1.54) is 20.8 Å². The lowest BCUT2D eigenvalue weighted by Crippen LogP contribution is -2.26. The number of nitro groups is 1. The molecule has 0 fully saturated rings. The van der Waals surface area contributed by atoms with Gasteiger partial charge in [0.05, 0.1) is 10.6 Å². The van der Waals surface area contributed by atoms with Gasteiger partial charge in [-0.05, 0) is 32.9 Å². The first-order valence-electron chi connectivity index (χ1n) is 6.79. The highest BCUT2D eigenvalue weighted by Gasteiger charge is 2.27. The van der Waals surface area contributed by atoms with Crippen LogP contribution in [0.5, 0.6) is 0 Å². The van der Waals surface area contributed by atoms with Gasteiger partial charge in [0.1, 0.15) is 17.4 Å². The molecule has 1 aromatic carbocycles. The largest absolute Gasteiger partial charge is 0.322 e. The Kier molecular flexibility index (Phi) is 4.58. The Balaban J connectivity index is 2.30. The normalized spacial score (nSPS) is 12.1. The molecule has 128 valence electrons. The zero-order valence-corrected chi connectivity index (χ0v) is 12.9. The minimum Gasteiger partial charge on any atom is -0.322 e. The minimum absolute atomic E-state index is 0.121. The van der Waals surface area contributed by atoms with Crippen LogP contribution in [0.25, 0.3) is 0 Å². The maximum Gasteiger partial charge on any atom is 0.312 e. The molecule has 7 nitrogen and oxygen atoms in total. The van der Waals surface area contributed by atoms with Crippen molar-refractivity contribution in [2.24, 2.45) is 0 Å². The maximum atomic E-state index is 13.6. The van der Waals surface area contributed by atoms with Crippen molar-refractivity contribution >= 4 is 17.3 Å². The smallest absolute Gasteiger partial charge is 0.312 e. The van der Waals surface area contributed by atoms with Gasteiger partial charge in [-0.15, -0.1) is 0 Å². The van der Waals surface area contributed by atoms with Gasteiger partial charge in [0.25, 0.3) is 0 Å². The summed E-state index contributed by atoms with van der Waals surface area (Å²) in [6.45, 7) is 4.22. The molecular weight excluding hydrogens is 329 g/mol. The highest BCUT2D eigenvalue weighted by atomic mass is 19.2. The van der Waals surface area contributed by atoms with Crippen LogP contribution in [0.1, 0.15) is 24.4 Å². The minimum atomic E-state index is -1.71. The first-order chi connectivity index (χ1) is 11.1. The second-order valence-electron chi connectivity index (χ2n) is 5.11. The van der Waals surface area contributed by atoms with Gasteiger partial charge in [0.2, 0.25) is 5.91 Å². The summed E-state index contributed by atoms with van der Waals surface area (Å²) in [5.74, 6) is -5.41. The number of rotatable bonds is 4. The van der Waals surface area contributed by atoms with E-state index in [-0.39, 0.29) is 17.1 Å². The number of carbonyl (C=O) groups excluding carboxylic acids is 1. The number of nitrogens with one attached hydrogen (secondary N) is 1. The third-order valence-electron chi connectivity index (χ3n) is 3.51. The highest BCUT2D eigenvalue weighted by Crippen LogP contribution is 2.26. The Hall–Kier alpha value is -2.91. The molecule has 1 atom stereocenters. The molecule has 0 spiro atoms. The van der Waals surface area contributed by atoms with Crippen LogP contribution in [0.4, 0.5) is 24.5 Å². The summed E-state index contributed by atoms with van der Waals surface area (Å²) in [4.78, 5) is 22.5. The second-order valence-corrected chi connectivity index (χ2v) is 5.11. The van der Waals surface area contributed by atoms with Crippen molar-refractivity contribution in [1.29, 1.82) is 0 Å². The topological polar surface area (TPSA) is 90.1 Å². The summed E-state index contributed by atoms with van der Waals surface area (Å²) in [6, 6.07) is 0.513. The monoisotopic (exact) mass is 342 g/mol. The van der Waals surface area contributed by atoms with Crippen molar-refractivity contribution in [3.8, 4) is 0 Å². The van der Waals surface area contributed by atoms with Crippen molar-refractivity contribution < 1.29 is 22.9 Å². The van der Waals surface area contributed by atoms with E-state index in [1.807, 2.05) is 0 Å². The van der Waals surface area contributed by atoms with Crippen LogP contribution in [-0.4, -0.2) is 20.6 Å². The number of anilines is 1. The van der Waals surface area contributed by atoms with Crippen molar-refractivity contribution in [3.05, 3.63) is 51.1 Å². The SMILES string of the molecule is Cc1nn([C@@H](C)C(=O)Nc2ccc(F)c(F)c2F)c(C)c1[N+](=O)[O-]. The molecular formula is C14H13F3N4O3. The van der Waals surface area contributed by atoms with E-state index in [1.54, 1.807) is 0 Å². The number of nitrogens with zero attached hydrogens (tertiary/aromatic N) is 3. The number of amides is 1. The predicted octanol–water partition coefficient (Wildman–Crippen LogP) is 3.03. The Morgan fingerprint density at radius 2 is 1.92 bits per heavy atom. The maximum absolute atomic E-state index is 13.6. The lowest BCUT2D eigenvalue weighted by molar-refractivity contribution is -0.386. The van der Waals surface area contributed by atoms with E-state index in [9.17, 15) is 28.1 Å². The number of carbonyl (C=O) groups is 1. The van der Waals surface area contributed by atoms with E-state index < -0.39 is 40.0 Å². The molecule has 2 rings (SSSR count). The fourth-order valence-corrected chi connectivity index (χ4v) is 2.27. The summed E-state index contributed by atoms with van der Waals surface area (Å²) in [5.41, 5.74) is -0.502. The summed E-state index contributed by atoms with van der Waals surface area (Å²) < 4.78 is 40.8. The lowest BCUT2D eigenvalue weighted by Gasteiger charge is -2.14. The Morgan fingerprint density at radius 3 is 2.46 bits per heavy atom. The average molecular weight is 342 g/mol. The number of hydrogen-bond donors (Lipinski definition) is 1. The molecule has 1 amide bonds.